The van der Waals surface area contributed by atoms with E-state index >= 15 is 0 Å². The molecule has 2 N–H and O–H groups in total. The van der Waals surface area contributed by atoms with Gasteiger partial charge in [0, 0.05) is 26.4 Å². The molecule has 0 saturated heterocycles. The van der Waals surface area contributed by atoms with Gasteiger partial charge in [-0.3, -0.25) is 9.59 Å². The van der Waals surface area contributed by atoms with E-state index in [1.54, 1.807) is 24.3 Å². The van der Waals surface area contributed by atoms with Crippen LogP contribution in [0.1, 0.15) is 40.2 Å². The van der Waals surface area contributed by atoms with Crippen molar-refractivity contribution in [2.75, 3.05) is 13.1 Å². The first-order chi connectivity index (χ1) is 11.2. The van der Waals surface area contributed by atoms with Crippen molar-refractivity contribution in [1.29, 1.82) is 0 Å². The Labute approximate surface area is 145 Å². The number of nitrogens with zero attached hydrogens (tertiary/aromatic N) is 1. The zero-order valence-electron chi connectivity index (χ0n) is 15.4. The quantitative estimate of drug-likeness (QED) is 0.768. The number of aromatic hydroxyl groups is 1. The summed E-state index contributed by atoms with van der Waals surface area (Å²) in [5, 5.41) is 12.2. The van der Waals surface area contributed by atoms with Crippen LogP contribution in [-0.4, -0.2) is 41.0 Å². The van der Waals surface area contributed by atoms with E-state index in [-0.39, 0.29) is 17.6 Å². The average Bonchev–Trinajstić information content (AvgIpc) is 2.46. The lowest BCUT2D eigenvalue weighted by Crippen LogP contribution is -2.51. The number of rotatable bonds is 8. The zero-order valence-corrected chi connectivity index (χ0v) is 15.4. The van der Waals surface area contributed by atoms with Crippen LogP contribution in [-0.2, 0) is 16.0 Å². The molecular formula is C19H30N2O3. The number of carbonyl (C=O) groups excluding carboxylic acids is 2. The number of hydrogen-bond donors (Lipinski definition) is 2. The monoisotopic (exact) mass is 334 g/mol. The molecule has 0 spiro atoms. The van der Waals surface area contributed by atoms with Crippen LogP contribution < -0.4 is 5.32 Å². The van der Waals surface area contributed by atoms with Gasteiger partial charge in [0.2, 0.25) is 11.8 Å². The van der Waals surface area contributed by atoms with E-state index < -0.39 is 6.04 Å². The molecule has 1 atom stereocenters. The Balaban J connectivity index is 2.95. The number of carbonyl (C=O) groups is 2. The van der Waals surface area contributed by atoms with Gasteiger partial charge >= 0.3 is 0 Å². The second kappa shape index (κ2) is 9.30. The van der Waals surface area contributed by atoms with Crippen LogP contribution in [0.15, 0.2) is 24.3 Å². The molecule has 0 heterocycles. The SMILES string of the molecule is CC(=O)N[C@@H](Cc1ccc(O)cc1)C(=O)N(CC(C)C)CC(C)C. The maximum absolute atomic E-state index is 13.0. The molecule has 5 heteroatoms. The minimum absolute atomic E-state index is 0.0549. The molecule has 2 amide bonds. The number of phenols is 1. The first kappa shape index (κ1) is 20.0. The third kappa shape index (κ3) is 7.02. The molecular weight excluding hydrogens is 304 g/mol. The summed E-state index contributed by atoms with van der Waals surface area (Å²) in [6.07, 6.45) is 0.408. The summed E-state index contributed by atoms with van der Waals surface area (Å²) in [6.45, 7) is 11.1. The van der Waals surface area contributed by atoms with E-state index in [9.17, 15) is 14.7 Å². The van der Waals surface area contributed by atoms with Crippen molar-refractivity contribution in [2.45, 2.75) is 47.1 Å². The van der Waals surface area contributed by atoms with Gasteiger partial charge in [-0.05, 0) is 29.5 Å². The topological polar surface area (TPSA) is 69.6 Å². The van der Waals surface area contributed by atoms with Crippen LogP contribution in [0.4, 0.5) is 0 Å². The van der Waals surface area contributed by atoms with Gasteiger partial charge in [0.15, 0.2) is 0 Å². The molecule has 0 fully saturated rings. The highest BCUT2D eigenvalue weighted by atomic mass is 16.3. The van der Waals surface area contributed by atoms with Crippen molar-refractivity contribution < 1.29 is 14.7 Å². The molecule has 1 aromatic rings. The summed E-state index contributed by atoms with van der Waals surface area (Å²) in [4.78, 5) is 26.4. The lowest BCUT2D eigenvalue weighted by molar-refractivity contribution is -0.137. The van der Waals surface area contributed by atoms with E-state index in [0.717, 1.165) is 5.56 Å². The van der Waals surface area contributed by atoms with Crippen molar-refractivity contribution in [2.24, 2.45) is 11.8 Å². The lowest BCUT2D eigenvalue weighted by Gasteiger charge is -2.30. The fraction of sp³-hybridized carbons (Fsp3) is 0.579. The van der Waals surface area contributed by atoms with Crippen molar-refractivity contribution in [1.82, 2.24) is 10.2 Å². The minimum atomic E-state index is -0.593. The van der Waals surface area contributed by atoms with Gasteiger partial charge in [0.25, 0.3) is 0 Å². The highest BCUT2D eigenvalue weighted by Gasteiger charge is 2.26. The summed E-state index contributed by atoms with van der Waals surface area (Å²) in [5.41, 5.74) is 0.897. The second-order valence-corrected chi connectivity index (χ2v) is 7.15. The molecule has 1 rings (SSSR count). The minimum Gasteiger partial charge on any atom is -0.508 e. The fourth-order valence-corrected chi connectivity index (χ4v) is 2.67. The molecule has 0 bridgehead atoms. The first-order valence-corrected chi connectivity index (χ1v) is 8.52. The van der Waals surface area contributed by atoms with E-state index in [4.69, 9.17) is 0 Å². The van der Waals surface area contributed by atoms with E-state index in [1.165, 1.54) is 6.92 Å². The van der Waals surface area contributed by atoms with Crippen molar-refractivity contribution in [3.8, 4) is 5.75 Å². The molecule has 0 radical (unpaired) electrons. The average molecular weight is 334 g/mol. The smallest absolute Gasteiger partial charge is 0.245 e. The van der Waals surface area contributed by atoms with Crippen LogP contribution in [0.25, 0.3) is 0 Å². The normalized spacial score (nSPS) is 12.3. The van der Waals surface area contributed by atoms with Gasteiger partial charge in [-0.1, -0.05) is 39.8 Å². The molecule has 24 heavy (non-hydrogen) atoms. The Morgan fingerprint density at radius 1 is 1.04 bits per heavy atom. The largest absolute Gasteiger partial charge is 0.508 e. The summed E-state index contributed by atoms with van der Waals surface area (Å²) in [6, 6.07) is 6.12. The number of phenolic OH excluding ortho intramolecular Hbond substituents is 1. The summed E-state index contributed by atoms with van der Waals surface area (Å²) >= 11 is 0. The van der Waals surface area contributed by atoms with Crippen molar-refractivity contribution >= 4 is 11.8 Å². The van der Waals surface area contributed by atoms with Crippen LogP contribution in [0, 0.1) is 11.8 Å². The number of nitrogens with one attached hydrogen (secondary N) is 1. The van der Waals surface area contributed by atoms with Gasteiger partial charge in [0.1, 0.15) is 11.8 Å². The molecule has 0 aliphatic carbocycles. The van der Waals surface area contributed by atoms with Crippen LogP contribution >= 0.6 is 0 Å². The number of hydrogen-bond acceptors (Lipinski definition) is 3. The second-order valence-electron chi connectivity index (χ2n) is 7.15. The van der Waals surface area contributed by atoms with E-state index in [0.29, 0.717) is 31.3 Å². The Morgan fingerprint density at radius 3 is 1.96 bits per heavy atom. The number of amides is 2. The maximum atomic E-state index is 13.0. The van der Waals surface area contributed by atoms with Gasteiger partial charge in [-0.2, -0.15) is 0 Å². The van der Waals surface area contributed by atoms with Gasteiger partial charge in [-0.25, -0.2) is 0 Å². The Bertz CT molecular complexity index is 528. The van der Waals surface area contributed by atoms with Crippen LogP contribution in [0.3, 0.4) is 0 Å². The molecule has 134 valence electrons. The molecule has 0 saturated carbocycles. The van der Waals surface area contributed by atoms with Crippen LogP contribution in [0.5, 0.6) is 5.75 Å². The van der Waals surface area contributed by atoms with E-state index in [2.05, 4.69) is 33.0 Å². The Kier molecular flexibility index (Phi) is 7.75. The Morgan fingerprint density at radius 2 is 1.54 bits per heavy atom. The highest BCUT2D eigenvalue weighted by molar-refractivity contribution is 5.87. The molecule has 5 nitrogen and oxygen atoms in total. The van der Waals surface area contributed by atoms with Gasteiger partial charge in [0.05, 0.1) is 0 Å². The lowest BCUT2D eigenvalue weighted by atomic mass is 10.0. The Hall–Kier alpha value is -2.04. The van der Waals surface area contributed by atoms with E-state index in [1.807, 2.05) is 4.90 Å². The molecule has 0 aliphatic heterocycles. The third-order valence-electron chi connectivity index (χ3n) is 3.53. The predicted molar refractivity (Wildman–Crippen MR) is 95.7 cm³/mol. The standard InChI is InChI=1S/C19H30N2O3/c1-13(2)11-21(12-14(3)4)19(24)18(20-15(5)22)10-16-6-8-17(23)9-7-16/h6-9,13-14,18,23H,10-12H2,1-5H3,(H,20,22)/t18-/m0/s1. The summed E-state index contributed by atoms with van der Waals surface area (Å²) in [7, 11) is 0. The predicted octanol–water partition coefficient (Wildman–Crippen LogP) is 2.58. The van der Waals surface area contributed by atoms with Crippen LogP contribution in [0.2, 0.25) is 0 Å². The first-order valence-electron chi connectivity index (χ1n) is 8.52. The maximum Gasteiger partial charge on any atom is 0.245 e. The highest BCUT2D eigenvalue weighted by Crippen LogP contribution is 2.14. The molecule has 0 aliphatic rings. The van der Waals surface area contributed by atoms with Crippen molar-refractivity contribution in [3.63, 3.8) is 0 Å². The van der Waals surface area contributed by atoms with Gasteiger partial charge in [-0.15, -0.1) is 0 Å². The third-order valence-corrected chi connectivity index (χ3v) is 3.53. The molecule has 0 aromatic heterocycles. The van der Waals surface area contributed by atoms with Gasteiger partial charge < -0.3 is 15.3 Å². The fourth-order valence-electron chi connectivity index (χ4n) is 2.67. The summed E-state index contributed by atoms with van der Waals surface area (Å²) < 4.78 is 0. The summed E-state index contributed by atoms with van der Waals surface area (Å²) in [5.74, 6) is 0.628. The molecule has 1 aromatic carbocycles. The zero-order chi connectivity index (χ0) is 18.3. The molecule has 0 unspecified atom stereocenters. The van der Waals surface area contributed by atoms with Crippen molar-refractivity contribution in [3.05, 3.63) is 29.8 Å². The number of benzene rings is 1.